The smallest absolute Gasteiger partial charge is 0.344 e. The van der Waals surface area contributed by atoms with Crippen molar-refractivity contribution in [2.75, 3.05) is 12.8 Å². The van der Waals surface area contributed by atoms with Crippen molar-refractivity contribution in [1.82, 2.24) is 9.38 Å². The summed E-state index contributed by atoms with van der Waals surface area (Å²) in [5.74, 6) is -0.325. The number of carbonyl (C=O) groups excluding carboxylic acids is 1. The van der Waals surface area contributed by atoms with Gasteiger partial charge in [-0.05, 0) is 25.5 Å². The number of nitrogens with two attached hydrogens (primary N) is 1. The third kappa shape index (κ3) is 2.29. The minimum atomic E-state index is -0.576. The largest absolute Gasteiger partial charge is 0.465 e. The SMILES string of the molecule is CCC[n+]1c(N)c(C(=O)OC)cc2c(=O)n3cccc(C)c3nc21. The number of hydrogen-bond donors (Lipinski definition) is 1. The van der Waals surface area contributed by atoms with Crippen molar-refractivity contribution in [3.63, 3.8) is 0 Å². The summed E-state index contributed by atoms with van der Waals surface area (Å²) in [6, 6.07) is 5.15. The van der Waals surface area contributed by atoms with Gasteiger partial charge >= 0.3 is 5.97 Å². The van der Waals surface area contributed by atoms with Gasteiger partial charge in [0.05, 0.1) is 13.7 Å². The number of nitrogens with zero attached hydrogens (tertiary/aromatic N) is 3. The summed E-state index contributed by atoms with van der Waals surface area (Å²) in [5.41, 5.74) is 8.02. The van der Waals surface area contributed by atoms with Crippen molar-refractivity contribution < 1.29 is 14.1 Å². The summed E-state index contributed by atoms with van der Waals surface area (Å²) >= 11 is 0. The standard InChI is InChI=1S/C17H18N4O3/c1-4-7-20-13(18)11(17(23)24-3)9-12-15(20)19-14-10(2)6-5-8-21(14)16(12)22/h5-6,8-9,18H,4,7H2,1-3H3/p+1. The van der Waals surface area contributed by atoms with Crippen molar-refractivity contribution in [3.05, 3.63) is 45.9 Å². The topological polar surface area (TPSA) is 90.6 Å². The summed E-state index contributed by atoms with van der Waals surface area (Å²) in [5, 5.41) is 0.334. The Labute approximate surface area is 138 Å². The molecule has 0 aromatic carbocycles. The van der Waals surface area contributed by atoms with E-state index < -0.39 is 5.97 Å². The summed E-state index contributed by atoms with van der Waals surface area (Å²) in [6.45, 7) is 4.42. The van der Waals surface area contributed by atoms with Crippen molar-refractivity contribution in [1.29, 1.82) is 0 Å². The van der Waals surface area contributed by atoms with Crippen LogP contribution in [0.1, 0.15) is 29.3 Å². The predicted octanol–water partition coefficient (Wildman–Crippen LogP) is 1.22. The molecule has 3 aromatic heterocycles. The number of ether oxygens (including phenoxy) is 1. The van der Waals surface area contributed by atoms with Crippen LogP contribution in [-0.2, 0) is 11.3 Å². The highest BCUT2D eigenvalue weighted by atomic mass is 16.5. The molecule has 0 aliphatic carbocycles. The fourth-order valence-corrected chi connectivity index (χ4v) is 2.83. The molecular weight excluding hydrogens is 308 g/mol. The molecule has 0 amide bonds. The first kappa shape index (κ1) is 15.9. The van der Waals surface area contributed by atoms with Crippen molar-refractivity contribution in [3.8, 4) is 0 Å². The molecule has 24 heavy (non-hydrogen) atoms. The molecule has 7 nitrogen and oxygen atoms in total. The van der Waals surface area contributed by atoms with Crippen LogP contribution >= 0.6 is 0 Å². The Morgan fingerprint density at radius 2 is 2.21 bits per heavy atom. The fourth-order valence-electron chi connectivity index (χ4n) is 2.83. The quantitative estimate of drug-likeness (QED) is 0.444. The van der Waals surface area contributed by atoms with Gasteiger partial charge in [-0.1, -0.05) is 18.0 Å². The van der Waals surface area contributed by atoms with Crippen molar-refractivity contribution >= 4 is 28.5 Å². The van der Waals surface area contributed by atoms with E-state index in [0.29, 0.717) is 23.2 Å². The number of esters is 1. The second-order valence-corrected chi connectivity index (χ2v) is 5.63. The Kier molecular flexibility index (Phi) is 3.92. The first-order valence-electron chi connectivity index (χ1n) is 7.72. The maximum Gasteiger partial charge on any atom is 0.344 e. The molecule has 0 fully saturated rings. The van der Waals surface area contributed by atoms with Crippen LogP contribution in [0.4, 0.5) is 5.82 Å². The molecule has 0 aliphatic rings. The van der Waals surface area contributed by atoms with Gasteiger partial charge in [0.1, 0.15) is 10.9 Å². The van der Waals surface area contributed by atoms with E-state index in [2.05, 4.69) is 4.98 Å². The average molecular weight is 327 g/mol. The van der Waals surface area contributed by atoms with E-state index in [9.17, 15) is 9.59 Å². The summed E-state index contributed by atoms with van der Waals surface area (Å²) in [7, 11) is 1.28. The minimum absolute atomic E-state index is 0.171. The first-order chi connectivity index (χ1) is 11.5. The van der Waals surface area contributed by atoms with Crippen LogP contribution in [-0.4, -0.2) is 22.5 Å². The van der Waals surface area contributed by atoms with Gasteiger partial charge in [0.15, 0.2) is 0 Å². The molecule has 0 spiro atoms. The molecule has 3 heterocycles. The Morgan fingerprint density at radius 1 is 1.46 bits per heavy atom. The van der Waals surface area contributed by atoms with E-state index in [0.717, 1.165) is 12.0 Å². The lowest BCUT2D eigenvalue weighted by molar-refractivity contribution is -0.658. The van der Waals surface area contributed by atoms with Gasteiger partial charge in [-0.2, -0.15) is 0 Å². The van der Waals surface area contributed by atoms with Crippen LogP contribution in [0, 0.1) is 6.92 Å². The van der Waals surface area contributed by atoms with Crippen LogP contribution < -0.4 is 15.9 Å². The van der Waals surface area contributed by atoms with E-state index >= 15 is 0 Å². The zero-order valence-corrected chi connectivity index (χ0v) is 13.9. The van der Waals surface area contributed by atoms with Gasteiger partial charge in [-0.15, -0.1) is 0 Å². The number of methoxy groups -OCH3 is 1. The lowest BCUT2D eigenvalue weighted by Gasteiger charge is -2.10. The van der Waals surface area contributed by atoms with Gasteiger partial charge in [-0.25, -0.2) is 9.36 Å². The van der Waals surface area contributed by atoms with E-state index in [1.54, 1.807) is 16.8 Å². The van der Waals surface area contributed by atoms with Gasteiger partial charge in [0.25, 0.3) is 11.2 Å². The predicted molar refractivity (Wildman–Crippen MR) is 89.9 cm³/mol. The van der Waals surface area contributed by atoms with E-state index in [1.165, 1.54) is 17.6 Å². The van der Waals surface area contributed by atoms with Crippen LogP contribution in [0.2, 0.25) is 0 Å². The molecule has 0 radical (unpaired) electrons. The molecule has 124 valence electrons. The second-order valence-electron chi connectivity index (χ2n) is 5.63. The molecule has 0 aliphatic heterocycles. The molecule has 0 bridgehead atoms. The highest BCUT2D eigenvalue weighted by Gasteiger charge is 2.24. The monoisotopic (exact) mass is 327 g/mol. The fraction of sp³-hybridized carbons (Fsp3) is 0.294. The maximum absolute atomic E-state index is 12.9. The number of aromatic nitrogens is 3. The summed E-state index contributed by atoms with van der Waals surface area (Å²) < 4.78 is 7.97. The summed E-state index contributed by atoms with van der Waals surface area (Å²) in [6.07, 6.45) is 2.44. The Morgan fingerprint density at radius 3 is 2.88 bits per heavy atom. The number of aryl methyl sites for hydroxylation is 2. The minimum Gasteiger partial charge on any atom is -0.465 e. The van der Waals surface area contributed by atoms with Crippen LogP contribution in [0.3, 0.4) is 0 Å². The Bertz CT molecular complexity index is 1020. The molecule has 0 atom stereocenters. The lowest BCUT2D eigenvalue weighted by Crippen LogP contribution is -2.41. The average Bonchev–Trinajstić information content (AvgIpc) is 2.58. The van der Waals surface area contributed by atoms with E-state index in [4.69, 9.17) is 10.5 Å². The maximum atomic E-state index is 12.9. The molecule has 0 unspecified atom stereocenters. The van der Waals surface area contributed by atoms with E-state index in [-0.39, 0.29) is 16.9 Å². The summed E-state index contributed by atoms with van der Waals surface area (Å²) in [4.78, 5) is 29.5. The zero-order chi connectivity index (χ0) is 17.4. The number of nitrogen functional groups attached to an aromatic ring is 1. The molecule has 0 saturated heterocycles. The molecule has 7 heteroatoms. The van der Waals surface area contributed by atoms with Crippen molar-refractivity contribution in [2.24, 2.45) is 0 Å². The van der Waals surface area contributed by atoms with Crippen molar-refractivity contribution in [2.45, 2.75) is 26.8 Å². The molecule has 3 rings (SSSR count). The van der Waals surface area contributed by atoms with Crippen LogP contribution in [0.5, 0.6) is 0 Å². The van der Waals surface area contributed by atoms with Crippen LogP contribution in [0.25, 0.3) is 16.7 Å². The van der Waals surface area contributed by atoms with Gasteiger partial charge in [0, 0.05) is 11.8 Å². The lowest BCUT2D eigenvalue weighted by atomic mass is 10.2. The zero-order valence-electron chi connectivity index (χ0n) is 13.9. The van der Waals surface area contributed by atoms with Gasteiger partial charge in [-0.3, -0.25) is 9.20 Å². The first-order valence-corrected chi connectivity index (χ1v) is 7.72. The molecule has 2 N–H and O–H groups in total. The number of anilines is 1. The highest BCUT2D eigenvalue weighted by molar-refractivity contribution is 5.96. The number of rotatable bonds is 3. The third-order valence-corrected chi connectivity index (χ3v) is 4.03. The van der Waals surface area contributed by atoms with Crippen LogP contribution in [0.15, 0.2) is 29.2 Å². The second kappa shape index (κ2) is 5.92. The molecule has 0 saturated carbocycles. The Hall–Kier alpha value is -2.96. The molecule has 3 aromatic rings. The number of carbonyl (C=O) groups is 1. The number of hydrogen-bond acceptors (Lipinski definition) is 5. The van der Waals surface area contributed by atoms with E-state index in [1.807, 2.05) is 19.9 Å². The number of pyridine rings is 2. The number of fused-ring (bicyclic) bond motifs is 2. The Balaban J connectivity index is 2.53. The van der Waals surface area contributed by atoms with Gasteiger partial charge in [0.2, 0.25) is 11.5 Å². The van der Waals surface area contributed by atoms with Gasteiger partial charge < -0.3 is 10.5 Å². The normalized spacial score (nSPS) is 11.1. The third-order valence-electron chi connectivity index (χ3n) is 4.03. The molecular formula is C17H19N4O3+. The highest BCUT2D eigenvalue weighted by Crippen LogP contribution is 2.16.